The molecular weight excluding hydrogens is 386 g/mol. The van der Waals surface area contributed by atoms with Crippen molar-refractivity contribution in [1.29, 1.82) is 0 Å². The molecule has 0 radical (unpaired) electrons. The number of pyridine rings is 1. The lowest BCUT2D eigenvalue weighted by atomic mass is 9.90. The number of anilines is 1. The summed E-state index contributed by atoms with van der Waals surface area (Å²) < 4.78 is 1.72. The zero-order chi connectivity index (χ0) is 21.8. The van der Waals surface area contributed by atoms with E-state index >= 15 is 0 Å². The van der Waals surface area contributed by atoms with Gasteiger partial charge in [-0.25, -0.2) is 4.79 Å². The molecule has 0 saturated carbocycles. The van der Waals surface area contributed by atoms with E-state index in [4.69, 9.17) is 0 Å². The summed E-state index contributed by atoms with van der Waals surface area (Å²) in [6.45, 7) is 6.30. The monoisotopic (exact) mass is 417 g/mol. The Hall–Kier alpha value is -3.08. The second kappa shape index (κ2) is 9.38. The summed E-state index contributed by atoms with van der Waals surface area (Å²) in [5, 5.41) is 4.52. The molecule has 3 aromatic rings. The number of rotatable bonds is 5. The van der Waals surface area contributed by atoms with Crippen LogP contribution in [0.5, 0.6) is 0 Å². The minimum atomic E-state index is -0.0851. The summed E-state index contributed by atoms with van der Waals surface area (Å²) in [4.78, 5) is 27.7. The normalized spacial score (nSPS) is 14.9. The second-order valence-electron chi connectivity index (χ2n) is 8.99. The van der Waals surface area contributed by atoms with Crippen LogP contribution in [0.3, 0.4) is 0 Å². The van der Waals surface area contributed by atoms with Crippen LogP contribution in [0, 0.1) is 11.8 Å². The molecule has 5 heteroatoms. The molecule has 1 fully saturated rings. The summed E-state index contributed by atoms with van der Waals surface area (Å²) in [5.74, 6) is 0.950. The van der Waals surface area contributed by atoms with Gasteiger partial charge in [-0.05, 0) is 42.7 Å². The van der Waals surface area contributed by atoms with Gasteiger partial charge in [-0.2, -0.15) is 0 Å². The number of piperidine rings is 1. The number of nitrogens with zero attached hydrogens (tertiary/aromatic N) is 2. The predicted molar refractivity (Wildman–Crippen MR) is 127 cm³/mol. The number of likely N-dealkylation sites (tertiary alicyclic amines) is 1. The van der Waals surface area contributed by atoms with E-state index in [9.17, 15) is 9.59 Å². The molecule has 1 N–H and O–H groups in total. The summed E-state index contributed by atoms with van der Waals surface area (Å²) in [7, 11) is 0. The molecule has 1 saturated heterocycles. The maximum absolute atomic E-state index is 13.0. The SMILES string of the molecule is CC(C)Cn1cc(NC(=O)N2CCC(Cc3ccccc3)CC2)c2ccccc2c1=O. The lowest BCUT2D eigenvalue weighted by Gasteiger charge is -2.32. The van der Waals surface area contributed by atoms with E-state index in [1.807, 2.05) is 35.2 Å². The summed E-state index contributed by atoms with van der Waals surface area (Å²) in [5.41, 5.74) is 2.06. The first-order valence-electron chi connectivity index (χ1n) is 11.2. The van der Waals surface area contributed by atoms with Crippen LogP contribution in [-0.4, -0.2) is 28.6 Å². The highest BCUT2D eigenvalue weighted by molar-refractivity contribution is 6.01. The van der Waals surface area contributed by atoms with Crippen molar-refractivity contribution in [2.24, 2.45) is 11.8 Å². The molecule has 0 bridgehead atoms. The van der Waals surface area contributed by atoms with E-state index < -0.39 is 0 Å². The summed E-state index contributed by atoms with van der Waals surface area (Å²) in [6.07, 6.45) is 4.89. The van der Waals surface area contributed by atoms with Crippen LogP contribution in [0.2, 0.25) is 0 Å². The van der Waals surface area contributed by atoms with Crippen LogP contribution in [0.1, 0.15) is 32.3 Å². The maximum atomic E-state index is 13.0. The number of carbonyl (C=O) groups is 1. The van der Waals surface area contributed by atoms with Gasteiger partial charge in [0, 0.05) is 36.6 Å². The standard InChI is InChI=1S/C26H31N3O2/c1-19(2)17-29-18-24(22-10-6-7-11-23(22)25(29)30)27-26(31)28-14-12-21(13-15-28)16-20-8-4-3-5-9-20/h3-11,18-19,21H,12-17H2,1-2H3,(H,27,31). The van der Waals surface area contributed by atoms with Crippen LogP contribution >= 0.6 is 0 Å². The minimum Gasteiger partial charge on any atom is -0.325 e. The Labute approximate surface area is 183 Å². The molecule has 2 amide bonds. The van der Waals surface area contributed by atoms with Gasteiger partial charge in [0.1, 0.15) is 0 Å². The van der Waals surface area contributed by atoms with E-state index in [1.54, 1.807) is 10.8 Å². The fourth-order valence-electron chi connectivity index (χ4n) is 4.45. The van der Waals surface area contributed by atoms with E-state index in [0.29, 0.717) is 29.5 Å². The van der Waals surface area contributed by atoms with Gasteiger partial charge in [0.15, 0.2) is 0 Å². The highest BCUT2D eigenvalue weighted by Gasteiger charge is 2.23. The fourth-order valence-corrected chi connectivity index (χ4v) is 4.45. The summed E-state index contributed by atoms with van der Waals surface area (Å²) in [6, 6.07) is 18.0. The van der Waals surface area contributed by atoms with Gasteiger partial charge in [0.05, 0.1) is 5.69 Å². The quantitative estimate of drug-likeness (QED) is 0.625. The molecule has 0 unspecified atom stereocenters. The molecule has 162 valence electrons. The van der Waals surface area contributed by atoms with Crippen LogP contribution in [-0.2, 0) is 13.0 Å². The molecule has 1 aliphatic rings. The second-order valence-corrected chi connectivity index (χ2v) is 8.99. The minimum absolute atomic E-state index is 0.0102. The molecule has 31 heavy (non-hydrogen) atoms. The van der Waals surface area contributed by atoms with Gasteiger partial charge in [-0.3, -0.25) is 4.79 Å². The molecule has 1 aromatic heterocycles. The first-order chi connectivity index (χ1) is 15.0. The lowest BCUT2D eigenvalue weighted by Crippen LogP contribution is -2.41. The first-order valence-corrected chi connectivity index (χ1v) is 11.2. The Balaban J connectivity index is 1.46. The molecule has 5 nitrogen and oxygen atoms in total. The van der Waals surface area contributed by atoms with Gasteiger partial charge < -0.3 is 14.8 Å². The molecule has 0 spiro atoms. The zero-order valence-electron chi connectivity index (χ0n) is 18.4. The molecular formula is C26H31N3O2. The van der Waals surface area contributed by atoms with Crippen LogP contribution in [0.15, 0.2) is 65.6 Å². The van der Waals surface area contributed by atoms with Crippen molar-refractivity contribution in [3.05, 3.63) is 76.7 Å². The third-order valence-corrected chi connectivity index (χ3v) is 6.07. The number of benzene rings is 2. The number of nitrogens with one attached hydrogen (secondary N) is 1. The fraction of sp³-hybridized carbons (Fsp3) is 0.385. The number of hydrogen-bond donors (Lipinski definition) is 1. The van der Waals surface area contributed by atoms with Crippen molar-refractivity contribution >= 4 is 22.5 Å². The Morgan fingerprint density at radius 1 is 1.00 bits per heavy atom. The van der Waals surface area contributed by atoms with Crippen LogP contribution < -0.4 is 10.9 Å². The Bertz CT molecular complexity index is 1100. The van der Waals surface area contributed by atoms with Crippen molar-refractivity contribution in [3.63, 3.8) is 0 Å². The van der Waals surface area contributed by atoms with E-state index in [1.165, 1.54) is 5.56 Å². The highest BCUT2D eigenvalue weighted by atomic mass is 16.2. The van der Waals surface area contributed by atoms with E-state index in [-0.39, 0.29) is 11.6 Å². The van der Waals surface area contributed by atoms with Gasteiger partial charge in [0.2, 0.25) is 0 Å². The predicted octanol–water partition coefficient (Wildman–Crippen LogP) is 5.14. The number of amides is 2. The van der Waals surface area contributed by atoms with Gasteiger partial charge in [-0.15, -0.1) is 0 Å². The average molecular weight is 418 g/mol. The van der Waals surface area contributed by atoms with Crippen molar-refractivity contribution in [1.82, 2.24) is 9.47 Å². The van der Waals surface area contributed by atoms with Crippen LogP contribution in [0.25, 0.3) is 10.8 Å². The van der Waals surface area contributed by atoms with Crippen molar-refractivity contribution in [2.75, 3.05) is 18.4 Å². The van der Waals surface area contributed by atoms with Crippen molar-refractivity contribution in [3.8, 4) is 0 Å². The molecule has 0 aliphatic carbocycles. The smallest absolute Gasteiger partial charge is 0.321 e. The number of aromatic nitrogens is 1. The van der Waals surface area contributed by atoms with Crippen molar-refractivity contribution < 1.29 is 4.79 Å². The van der Waals surface area contributed by atoms with Crippen LogP contribution in [0.4, 0.5) is 10.5 Å². The summed E-state index contributed by atoms with van der Waals surface area (Å²) >= 11 is 0. The number of carbonyl (C=O) groups excluding carboxylic acids is 1. The largest absolute Gasteiger partial charge is 0.325 e. The highest BCUT2D eigenvalue weighted by Crippen LogP contribution is 2.24. The number of hydrogen-bond acceptors (Lipinski definition) is 2. The lowest BCUT2D eigenvalue weighted by molar-refractivity contribution is 0.182. The first kappa shape index (κ1) is 21.2. The third-order valence-electron chi connectivity index (χ3n) is 6.07. The molecule has 0 atom stereocenters. The molecule has 1 aliphatic heterocycles. The molecule has 2 aromatic carbocycles. The van der Waals surface area contributed by atoms with Crippen molar-refractivity contribution in [2.45, 2.75) is 39.7 Å². The molecule has 2 heterocycles. The van der Waals surface area contributed by atoms with Gasteiger partial charge in [-0.1, -0.05) is 62.4 Å². The maximum Gasteiger partial charge on any atom is 0.321 e. The number of fused-ring (bicyclic) bond motifs is 1. The Morgan fingerprint density at radius 2 is 1.65 bits per heavy atom. The molecule has 4 rings (SSSR count). The van der Waals surface area contributed by atoms with Gasteiger partial charge >= 0.3 is 6.03 Å². The van der Waals surface area contributed by atoms with E-state index in [0.717, 1.165) is 37.7 Å². The average Bonchev–Trinajstić information content (AvgIpc) is 2.78. The zero-order valence-corrected chi connectivity index (χ0v) is 18.4. The third kappa shape index (κ3) is 4.98. The van der Waals surface area contributed by atoms with E-state index in [2.05, 4.69) is 43.4 Å². The Kier molecular flexibility index (Phi) is 6.40. The number of urea groups is 1. The topological polar surface area (TPSA) is 54.3 Å². The Morgan fingerprint density at radius 3 is 2.32 bits per heavy atom. The van der Waals surface area contributed by atoms with Gasteiger partial charge in [0.25, 0.3) is 5.56 Å².